The number of halogens is 1. The van der Waals surface area contributed by atoms with Crippen molar-refractivity contribution in [1.82, 2.24) is 5.32 Å². The highest BCUT2D eigenvalue weighted by Crippen LogP contribution is 2.22. The summed E-state index contributed by atoms with van der Waals surface area (Å²) >= 11 is 0. The van der Waals surface area contributed by atoms with E-state index < -0.39 is 6.04 Å². The summed E-state index contributed by atoms with van der Waals surface area (Å²) in [4.78, 5) is 27.6. The van der Waals surface area contributed by atoms with Crippen LogP contribution in [-0.2, 0) is 11.4 Å². The van der Waals surface area contributed by atoms with Gasteiger partial charge in [0.25, 0.3) is 5.91 Å². The van der Waals surface area contributed by atoms with Crippen molar-refractivity contribution in [2.45, 2.75) is 32.4 Å². The molecule has 1 heterocycles. The van der Waals surface area contributed by atoms with E-state index in [0.717, 1.165) is 23.2 Å². The molecule has 0 aliphatic carbocycles. The number of hydrogen-bond acceptors (Lipinski definition) is 3. The zero-order valence-electron chi connectivity index (χ0n) is 17.9. The second-order valence-corrected chi connectivity index (χ2v) is 7.94. The monoisotopic (exact) mass is 432 g/mol. The highest BCUT2D eigenvalue weighted by Gasteiger charge is 2.31. The molecule has 0 radical (unpaired) electrons. The van der Waals surface area contributed by atoms with Crippen LogP contribution < -0.4 is 15.0 Å². The van der Waals surface area contributed by atoms with E-state index >= 15 is 0 Å². The minimum atomic E-state index is -0.565. The molecule has 0 aromatic heterocycles. The summed E-state index contributed by atoms with van der Waals surface area (Å²) in [6, 6.07) is 20.2. The van der Waals surface area contributed by atoms with Gasteiger partial charge in [0.2, 0.25) is 5.91 Å². The van der Waals surface area contributed by atoms with Gasteiger partial charge in [-0.25, -0.2) is 4.39 Å². The average molecular weight is 432 g/mol. The van der Waals surface area contributed by atoms with Crippen molar-refractivity contribution >= 4 is 17.5 Å². The number of anilines is 1. The molecule has 1 N–H and O–H groups in total. The lowest BCUT2D eigenvalue weighted by atomic mass is 10.0. The SMILES string of the molecule is Cc1ccc(N2CCCC(NC(=O)c3cccc(COc4cccc(F)c4)c3)C2=O)cc1. The van der Waals surface area contributed by atoms with Crippen LogP contribution in [0.5, 0.6) is 5.75 Å². The van der Waals surface area contributed by atoms with E-state index in [2.05, 4.69) is 5.32 Å². The molecular weight excluding hydrogens is 407 g/mol. The lowest BCUT2D eigenvalue weighted by molar-refractivity contribution is -0.121. The molecular formula is C26H25FN2O3. The Morgan fingerprint density at radius 1 is 1.09 bits per heavy atom. The Morgan fingerprint density at radius 3 is 2.66 bits per heavy atom. The van der Waals surface area contributed by atoms with Crippen LogP contribution in [0.1, 0.15) is 34.3 Å². The predicted octanol–water partition coefficient (Wildman–Crippen LogP) is 4.64. The van der Waals surface area contributed by atoms with E-state index in [1.165, 1.54) is 12.1 Å². The second kappa shape index (κ2) is 9.64. The minimum absolute atomic E-state index is 0.0981. The molecule has 1 atom stereocenters. The molecule has 1 aliphatic rings. The second-order valence-electron chi connectivity index (χ2n) is 7.94. The molecule has 6 heteroatoms. The number of piperidine rings is 1. The molecule has 32 heavy (non-hydrogen) atoms. The lowest BCUT2D eigenvalue weighted by Crippen LogP contribution is -2.52. The van der Waals surface area contributed by atoms with Gasteiger partial charge < -0.3 is 15.0 Å². The number of nitrogens with one attached hydrogen (secondary N) is 1. The van der Waals surface area contributed by atoms with E-state index in [1.54, 1.807) is 35.2 Å². The summed E-state index contributed by atoms with van der Waals surface area (Å²) in [5, 5.41) is 2.88. The summed E-state index contributed by atoms with van der Waals surface area (Å²) in [6.45, 7) is 2.84. The number of carbonyl (C=O) groups is 2. The van der Waals surface area contributed by atoms with Crippen LogP contribution in [0.2, 0.25) is 0 Å². The molecule has 5 nitrogen and oxygen atoms in total. The summed E-state index contributed by atoms with van der Waals surface area (Å²) < 4.78 is 18.9. The van der Waals surface area contributed by atoms with Crippen LogP contribution >= 0.6 is 0 Å². The van der Waals surface area contributed by atoms with Crippen molar-refractivity contribution in [3.05, 3.63) is 95.3 Å². The van der Waals surface area contributed by atoms with Crippen molar-refractivity contribution in [1.29, 1.82) is 0 Å². The van der Waals surface area contributed by atoms with Gasteiger partial charge in [-0.2, -0.15) is 0 Å². The quantitative estimate of drug-likeness (QED) is 0.618. The van der Waals surface area contributed by atoms with Crippen molar-refractivity contribution in [2.24, 2.45) is 0 Å². The van der Waals surface area contributed by atoms with Gasteiger partial charge in [0.15, 0.2) is 0 Å². The number of aryl methyl sites for hydroxylation is 1. The third-order valence-corrected chi connectivity index (χ3v) is 5.48. The number of amides is 2. The van der Waals surface area contributed by atoms with E-state index in [0.29, 0.717) is 24.3 Å². The lowest BCUT2D eigenvalue weighted by Gasteiger charge is -2.32. The molecule has 0 bridgehead atoms. The first-order chi connectivity index (χ1) is 15.5. The van der Waals surface area contributed by atoms with Crippen molar-refractivity contribution < 1.29 is 18.7 Å². The molecule has 1 saturated heterocycles. The fourth-order valence-corrected chi connectivity index (χ4v) is 3.76. The number of carbonyl (C=O) groups excluding carboxylic acids is 2. The number of benzene rings is 3. The molecule has 0 spiro atoms. The van der Waals surface area contributed by atoms with Crippen molar-refractivity contribution in [3.63, 3.8) is 0 Å². The molecule has 1 fully saturated rings. The third-order valence-electron chi connectivity index (χ3n) is 5.48. The Hall–Kier alpha value is -3.67. The Morgan fingerprint density at radius 2 is 1.88 bits per heavy atom. The highest BCUT2D eigenvalue weighted by atomic mass is 19.1. The van der Waals surface area contributed by atoms with Crippen LogP contribution in [0.15, 0.2) is 72.8 Å². The molecule has 0 saturated carbocycles. The van der Waals surface area contributed by atoms with E-state index in [4.69, 9.17) is 4.74 Å². The fourth-order valence-electron chi connectivity index (χ4n) is 3.76. The number of rotatable bonds is 6. The Kier molecular flexibility index (Phi) is 6.50. The summed E-state index contributed by atoms with van der Waals surface area (Å²) in [5.74, 6) is -0.350. The first-order valence-corrected chi connectivity index (χ1v) is 10.7. The molecule has 3 aromatic carbocycles. The maximum atomic E-state index is 13.3. The van der Waals surface area contributed by atoms with Crippen LogP contribution in [0.3, 0.4) is 0 Å². The maximum absolute atomic E-state index is 13.3. The first-order valence-electron chi connectivity index (χ1n) is 10.7. The van der Waals surface area contributed by atoms with E-state index in [9.17, 15) is 14.0 Å². The highest BCUT2D eigenvalue weighted by molar-refractivity contribution is 6.02. The topological polar surface area (TPSA) is 58.6 Å². The minimum Gasteiger partial charge on any atom is -0.489 e. The number of nitrogens with zero attached hydrogens (tertiary/aromatic N) is 1. The Labute approximate surface area is 186 Å². The van der Waals surface area contributed by atoms with Gasteiger partial charge in [-0.1, -0.05) is 35.9 Å². The summed E-state index contributed by atoms with van der Waals surface area (Å²) in [6.07, 6.45) is 1.42. The van der Waals surface area contributed by atoms with Gasteiger partial charge in [-0.3, -0.25) is 9.59 Å². The predicted molar refractivity (Wildman–Crippen MR) is 121 cm³/mol. The van der Waals surface area contributed by atoms with Crippen molar-refractivity contribution in [3.8, 4) is 5.75 Å². The summed E-state index contributed by atoms with van der Waals surface area (Å²) in [7, 11) is 0. The number of ether oxygens (including phenoxy) is 1. The van der Waals surface area contributed by atoms with E-state index in [1.807, 2.05) is 37.3 Å². The van der Waals surface area contributed by atoms with Gasteiger partial charge in [-0.05, 0) is 61.7 Å². The van der Waals surface area contributed by atoms with E-state index in [-0.39, 0.29) is 24.2 Å². The molecule has 164 valence electrons. The third kappa shape index (κ3) is 5.14. The van der Waals surface area contributed by atoms with Crippen LogP contribution in [0.25, 0.3) is 0 Å². The molecule has 3 aromatic rings. The summed E-state index contributed by atoms with van der Waals surface area (Å²) in [5.41, 5.74) is 3.20. The van der Waals surface area contributed by atoms with Crippen LogP contribution in [0, 0.1) is 12.7 Å². The van der Waals surface area contributed by atoms with Crippen LogP contribution in [0.4, 0.5) is 10.1 Å². The first kappa shape index (κ1) is 21.6. The molecule has 1 aliphatic heterocycles. The largest absolute Gasteiger partial charge is 0.489 e. The van der Waals surface area contributed by atoms with Gasteiger partial charge in [0.1, 0.15) is 24.2 Å². The normalized spacial score (nSPS) is 16.0. The smallest absolute Gasteiger partial charge is 0.251 e. The number of hydrogen-bond donors (Lipinski definition) is 1. The van der Waals surface area contributed by atoms with Crippen molar-refractivity contribution in [2.75, 3.05) is 11.4 Å². The Bertz CT molecular complexity index is 1110. The Balaban J connectivity index is 1.40. The zero-order valence-corrected chi connectivity index (χ0v) is 17.9. The van der Waals surface area contributed by atoms with Gasteiger partial charge in [-0.15, -0.1) is 0 Å². The standard InChI is InChI=1S/C26H25FN2O3/c1-18-10-12-22(13-11-18)29-14-4-9-24(26(29)31)28-25(30)20-6-2-5-19(15-20)17-32-23-8-3-7-21(27)16-23/h2-3,5-8,10-13,15-16,24H,4,9,14,17H2,1H3,(H,28,30). The molecule has 4 rings (SSSR count). The van der Waals surface area contributed by atoms with Gasteiger partial charge in [0.05, 0.1) is 0 Å². The zero-order chi connectivity index (χ0) is 22.5. The van der Waals surface area contributed by atoms with Gasteiger partial charge in [0, 0.05) is 23.9 Å². The molecule has 2 amide bonds. The fraction of sp³-hybridized carbons (Fsp3) is 0.231. The maximum Gasteiger partial charge on any atom is 0.251 e. The van der Waals surface area contributed by atoms with Crippen LogP contribution in [-0.4, -0.2) is 24.4 Å². The van der Waals surface area contributed by atoms with Gasteiger partial charge >= 0.3 is 0 Å². The average Bonchev–Trinajstić information content (AvgIpc) is 2.80. The molecule has 1 unspecified atom stereocenters.